The van der Waals surface area contributed by atoms with Crippen molar-refractivity contribution in [2.75, 3.05) is 18.1 Å². The van der Waals surface area contributed by atoms with E-state index in [0.29, 0.717) is 18.2 Å². The molecule has 1 atom stereocenters. The summed E-state index contributed by atoms with van der Waals surface area (Å²) in [5, 5.41) is -0.0992. The molecule has 0 aromatic heterocycles. The first-order valence-corrected chi connectivity index (χ1v) is 6.38. The van der Waals surface area contributed by atoms with Crippen LogP contribution in [0.2, 0.25) is 0 Å². The molecule has 0 spiro atoms. The third-order valence-electron chi connectivity index (χ3n) is 2.24. The van der Waals surface area contributed by atoms with Gasteiger partial charge in [-0.3, -0.25) is 14.5 Å². The molecule has 0 aromatic rings. The SMILES string of the molecule is CCCC(CS)CN1C(=O)CSC1=O. The molecule has 1 aliphatic heterocycles. The maximum absolute atomic E-state index is 11.3. The van der Waals surface area contributed by atoms with E-state index in [2.05, 4.69) is 19.6 Å². The molecular weight excluding hydrogens is 218 g/mol. The van der Waals surface area contributed by atoms with Crippen molar-refractivity contribution < 1.29 is 9.59 Å². The van der Waals surface area contributed by atoms with Gasteiger partial charge in [0.05, 0.1) is 5.75 Å². The summed E-state index contributed by atoms with van der Waals surface area (Å²) in [5.74, 6) is 1.33. The van der Waals surface area contributed by atoms with Gasteiger partial charge in [-0.15, -0.1) is 0 Å². The zero-order valence-electron chi connectivity index (χ0n) is 8.23. The average Bonchev–Trinajstić information content (AvgIpc) is 2.48. The Bertz CT molecular complexity index is 217. The number of thiol groups is 1. The first-order chi connectivity index (χ1) is 6.69. The van der Waals surface area contributed by atoms with E-state index in [1.165, 1.54) is 4.90 Å². The minimum atomic E-state index is -0.0992. The zero-order chi connectivity index (χ0) is 10.6. The molecule has 5 heteroatoms. The molecule has 1 saturated heterocycles. The third kappa shape index (κ3) is 2.92. The van der Waals surface area contributed by atoms with Crippen molar-refractivity contribution in [3.05, 3.63) is 0 Å². The molecule has 1 unspecified atom stereocenters. The van der Waals surface area contributed by atoms with Crippen LogP contribution >= 0.6 is 24.4 Å². The maximum Gasteiger partial charge on any atom is 0.288 e. The van der Waals surface area contributed by atoms with Crippen LogP contribution in [0, 0.1) is 5.92 Å². The molecule has 1 fully saturated rings. The molecule has 80 valence electrons. The minimum Gasteiger partial charge on any atom is -0.273 e. The Morgan fingerprint density at radius 3 is 2.71 bits per heavy atom. The molecule has 1 aliphatic rings. The van der Waals surface area contributed by atoms with Crippen molar-refractivity contribution in [1.82, 2.24) is 4.90 Å². The Balaban J connectivity index is 2.48. The van der Waals surface area contributed by atoms with Crippen molar-refractivity contribution in [3.63, 3.8) is 0 Å². The molecular formula is C9H15NO2S2. The fourth-order valence-electron chi connectivity index (χ4n) is 1.46. The van der Waals surface area contributed by atoms with Crippen LogP contribution in [0.1, 0.15) is 19.8 Å². The van der Waals surface area contributed by atoms with E-state index >= 15 is 0 Å². The Morgan fingerprint density at radius 1 is 1.57 bits per heavy atom. The van der Waals surface area contributed by atoms with Gasteiger partial charge >= 0.3 is 0 Å². The highest BCUT2D eigenvalue weighted by atomic mass is 32.2. The number of hydrogen-bond donors (Lipinski definition) is 1. The van der Waals surface area contributed by atoms with Gasteiger partial charge in [0, 0.05) is 6.54 Å². The van der Waals surface area contributed by atoms with Gasteiger partial charge in [-0.05, 0) is 18.1 Å². The number of carbonyl (C=O) groups excluding carboxylic acids is 2. The number of carbonyl (C=O) groups is 2. The normalized spacial score (nSPS) is 19.1. The lowest BCUT2D eigenvalue weighted by Crippen LogP contribution is -2.34. The number of hydrogen-bond acceptors (Lipinski definition) is 4. The van der Waals surface area contributed by atoms with Gasteiger partial charge in [0.1, 0.15) is 0 Å². The summed E-state index contributed by atoms with van der Waals surface area (Å²) in [7, 11) is 0. The van der Waals surface area contributed by atoms with Crippen molar-refractivity contribution in [2.45, 2.75) is 19.8 Å². The molecule has 0 aromatic carbocycles. The predicted octanol–water partition coefficient (Wildman–Crippen LogP) is 2.03. The van der Waals surface area contributed by atoms with Crippen LogP contribution in [0.4, 0.5) is 4.79 Å². The summed E-state index contributed by atoms with van der Waals surface area (Å²) in [6, 6.07) is 0. The van der Waals surface area contributed by atoms with E-state index in [1.807, 2.05) is 0 Å². The first kappa shape index (κ1) is 11.9. The number of thioether (sulfide) groups is 1. The first-order valence-electron chi connectivity index (χ1n) is 4.77. The highest BCUT2D eigenvalue weighted by Crippen LogP contribution is 2.21. The summed E-state index contributed by atoms with van der Waals surface area (Å²) < 4.78 is 0. The molecule has 3 nitrogen and oxygen atoms in total. The quantitative estimate of drug-likeness (QED) is 0.738. The molecule has 0 saturated carbocycles. The van der Waals surface area contributed by atoms with E-state index in [-0.39, 0.29) is 11.1 Å². The summed E-state index contributed by atoms with van der Waals surface area (Å²) in [5.41, 5.74) is 0. The second-order valence-corrected chi connectivity index (χ2v) is 4.69. The second-order valence-electron chi connectivity index (χ2n) is 3.40. The van der Waals surface area contributed by atoms with Gasteiger partial charge in [0.15, 0.2) is 0 Å². The van der Waals surface area contributed by atoms with E-state index in [1.54, 1.807) is 0 Å². The van der Waals surface area contributed by atoms with Crippen LogP contribution in [-0.4, -0.2) is 34.1 Å². The van der Waals surface area contributed by atoms with Gasteiger partial charge in [0.25, 0.3) is 5.24 Å². The van der Waals surface area contributed by atoms with E-state index in [9.17, 15) is 9.59 Å². The summed E-state index contributed by atoms with van der Waals surface area (Å²) in [6.07, 6.45) is 2.08. The van der Waals surface area contributed by atoms with Gasteiger partial charge in [-0.1, -0.05) is 25.1 Å². The van der Waals surface area contributed by atoms with E-state index < -0.39 is 0 Å². The summed E-state index contributed by atoms with van der Waals surface area (Å²) >= 11 is 5.32. The van der Waals surface area contributed by atoms with Gasteiger partial charge in [-0.2, -0.15) is 12.6 Å². The smallest absolute Gasteiger partial charge is 0.273 e. The molecule has 0 bridgehead atoms. The van der Waals surface area contributed by atoms with Crippen LogP contribution in [0.3, 0.4) is 0 Å². The van der Waals surface area contributed by atoms with Crippen LogP contribution < -0.4 is 0 Å². The molecule has 0 N–H and O–H groups in total. The molecule has 1 heterocycles. The van der Waals surface area contributed by atoms with Gasteiger partial charge < -0.3 is 0 Å². The average molecular weight is 233 g/mol. The lowest BCUT2D eigenvalue weighted by atomic mass is 10.1. The number of imide groups is 1. The molecule has 1 rings (SSSR count). The van der Waals surface area contributed by atoms with E-state index in [4.69, 9.17) is 0 Å². The highest BCUT2D eigenvalue weighted by molar-refractivity contribution is 8.14. The zero-order valence-corrected chi connectivity index (χ0v) is 9.94. The van der Waals surface area contributed by atoms with Crippen LogP contribution in [0.25, 0.3) is 0 Å². The van der Waals surface area contributed by atoms with Crippen LogP contribution in [-0.2, 0) is 4.79 Å². The molecule has 0 aliphatic carbocycles. The Labute approximate surface area is 94.0 Å². The highest BCUT2D eigenvalue weighted by Gasteiger charge is 2.31. The Morgan fingerprint density at radius 2 is 2.29 bits per heavy atom. The summed E-state index contributed by atoms with van der Waals surface area (Å²) in [6.45, 7) is 2.64. The van der Waals surface area contributed by atoms with Crippen LogP contribution in [0.15, 0.2) is 0 Å². The number of rotatable bonds is 5. The maximum atomic E-state index is 11.3. The Hall–Kier alpha value is -0.160. The molecule has 14 heavy (non-hydrogen) atoms. The monoisotopic (exact) mass is 233 g/mol. The van der Waals surface area contributed by atoms with Crippen molar-refractivity contribution in [3.8, 4) is 0 Å². The van der Waals surface area contributed by atoms with Gasteiger partial charge in [0.2, 0.25) is 5.91 Å². The third-order valence-corrected chi connectivity index (χ3v) is 3.61. The molecule has 0 radical (unpaired) electrons. The van der Waals surface area contributed by atoms with Gasteiger partial charge in [-0.25, -0.2) is 0 Å². The fourth-order valence-corrected chi connectivity index (χ4v) is 2.50. The van der Waals surface area contributed by atoms with Crippen molar-refractivity contribution >= 4 is 35.5 Å². The minimum absolute atomic E-state index is 0.0529. The standard InChI is InChI=1S/C9H15NO2S2/c1-2-3-7(5-13)4-10-8(11)6-14-9(10)12/h7,13H,2-6H2,1H3. The fraction of sp³-hybridized carbons (Fsp3) is 0.778. The predicted molar refractivity (Wildman–Crippen MR) is 61.8 cm³/mol. The lowest BCUT2D eigenvalue weighted by Gasteiger charge is -2.19. The number of amides is 2. The van der Waals surface area contributed by atoms with Crippen LogP contribution in [0.5, 0.6) is 0 Å². The topological polar surface area (TPSA) is 37.4 Å². The lowest BCUT2D eigenvalue weighted by molar-refractivity contribution is -0.125. The van der Waals surface area contributed by atoms with Crippen molar-refractivity contribution in [1.29, 1.82) is 0 Å². The van der Waals surface area contributed by atoms with Crippen molar-refractivity contribution in [2.24, 2.45) is 5.92 Å². The Kier molecular flexibility index (Phi) is 4.81. The van der Waals surface area contributed by atoms with E-state index in [0.717, 1.165) is 30.4 Å². The molecule has 2 amide bonds. The largest absolute Gasteiger partial charge is 0.288 e. The summed E-state index contributed by atoms with van der Waals surface area (Å²) in [4.78, 5) is 23.9. The number of nitrogens with zero attached hydrogens (tertiary/aromatic N) is 1. The second kappa shape index (κ2) is 5.66.